The van der Waals surface area contributed by atoms with E-state index in [-0.39, 0.29) is 4.90 Å². The molecule has 0 saturated carbocycles. The van der Waals surface area contributed by atoms with Crippen LogP contribution in [0.15, 0.2) is 17.0 Å². The molecule has 1 aromatic rings. The molecule has 0 spiro atoms. The van der Waals surface area contributed by atoms with Crippen LogP contribution in [0, 0.1) is 12.7 Å². The molecule has 0 nitrogen and oxygen atoms in total. The zero-order chi connectivity index (χ0) is 10.2. The van der Waals surface area contributed by atoms with E-state index in [9.17, 15) is 17.6 Å². The number of hydrogen-bond donors (Lipinski definition) is 1. The molecule has 72 valence electrons. The molecular formula is C8H6F4S. The third-order valence-corrected chi connectivity index (χ3v) is 2.07. The number of rotatable bonds is 0. The molecule has 0 heterocycles. The molecule has 0 unspecified atom stereocenters. The Balaban J connectivity index is 3.32. The Morgan fingerprint density at radius 1 is 1.23 bits per heavy atom. The monoisotopic (exact) mass is 210 g/mol. The van der Waals surface area contributed by atoms with Gasteiger partial charge in [-0.1, -0.05) is 0 Å². The molecule has 13 heavy (non-hydrogen) atoms. The van der Waals surface area contributed by atoms with Gasteiger partial charge in [-0.25, -0.2) is 4.39 Å². The van der Waals surface area contributed by atoms with E-state index in [0.717, 1.165) is 6.07 Å². The molecule has 0 saturated heterocycles. The number of thiol groups is 1. The lowest BCUT2D eigenvalue weighted by Crippen LogP contribution is -2.08. The molecule has 0 aliphatic carbocycles. The predicted molar refractivity (Wildman–Crippen MR) is 43.4 cm³/mol. The molecule has 0 amide bonds. The van der Waals surface area contributed by atoms with Gasteiger partial charge < -0.3 is 0 Å². The molecule has 0 aliphatic heterocycles. The summed E-state index contributed by atoms with van der Waals surface area (Å²) in [6.45, 7) is 1.49. The maximum absolute atomic E-state index is 12.8. The van der Waals surface area contributed by atoms with Crippen LogP contribution in [-0.4, -0.2) is 0 Å². The van der Waals surface area contributed by atoms with Crippen LogP contribution >= 0.6 is 12.6 Å². The van der Waals surface area contributed by atoms with Gasteiger partial charge in [0.15, 0.2) is 0 Å². The lowest BCUT2D eigenvalue weighted by Gasteiger charge is -2.09. The molecular weight excluding hydrogens is 204 g/mol. The van der Waals surface area contributed by atoms with Crippen LogP contribution in [0.25, 0.3) is 0 Å². The molecule has 0 aromatic heterocycles. The van der Waals surface area contributed by atoms with E-state index >= 15 is 0 Å². The first-order chi connectivity index (χ1) is 5.82. The first-order valence-corrected chi connectivity index (χ1v) is 3.83. The van der Waals surface area contributed by atoms with Crippen molar-refractivity contribution in [3.8, 4) is 0 Å². The third-order valence-electron chi connectivity index (χ3n) is 1.59. The van der Waals surface area contributed by atoms with Gasteiger partial charge in [0.25, 0.3) is 0 Å². The molecule has 5 heteroatoms. The van der Waals surface area contributed by atoms with Crippen LogP contribution in [0.5, 0.6) is 0 Å². The normalized spacial score (nSPS) is 11.8. The summed E-state index contributed by atoms with van der Waals surface area (Å²) < 4.78 is 49.0. The highest BCUT2D eigenvalue weighted by Crippen LogP contribution is 2.33. The van der Waals surface area contributed by atoms with E-state index in [4.69, 9.17) is 0 Å². The van der Waals surface area contributed by atoms with Crippen LogP contribution in [0.3, 0.4) is 0 Å². The second-order valence-electron chi connectivity index (χ2n) is 2.62. The highest BCUT2D eigenvalue weighted by atomic mass is 32.1. The van der Waals surface area contributed by atoms with Crippen LogP contribution in [0.4, 0.5) is 17.6 Å². The molecule has 0 radical (unpaired) electrons. The van der Waals surface area contributed by atoms with Crippen molar-refractivity contribution in [2.45, 2.75) is 18.0 Å². The minimum atomic E-state index is -4.66. The molecule has 0 atom stereocenters. The average molecular weight is 210 g/mol. The van der Waals surface area contributed by atoms with Crippen molar-refractivity contribution >= 4 is 12.6 Å². The minimum Gasteiger partial charge on any atom is -0.206 e. The fourth-order valence-corrected chi connectivity index (χ4v) is 1.07. The van der Waals surface area contributed by atoms with E-state index in [1.165, 1.54) is 6.92 Å². The lowest BCUT2D eigenvalue weighted by atomic mass is 10.1. The van der Waals surface area contributed by atoms with Gasteiger partial charge in [0.1, 0.15) is 5.82 Å². The van der Waals surface area contributed by atoms with E-state index in [1.807, 2.05) is 0 Å². The van der Waals surface area contributed by atoms with E-state index in [2.05, 4.69) is 12.6 Å². The second-order valence-corrected chi connectivity index (χ2v) is 3.10. The Morgan fingerprint density at radius 3 is 2.23 bits per heavy atom. The number of halogens is 4. The maximum atomic E-state index is 12.8. The molecule has 1 aromatic carbocycles. The fourth-order valence-electron chi connectivity index (χ4n) is 0.879. The molecule has 0 aliphatic rings. The Hall–Kier alpha value is -0.710. The highest BCUT2D eigenvalue weighted by Gasteiger charge is 2.34. The van der Waals surface area contributed by atoms with Gasteiger partial charge in [-0.3, -0.25) is 0 Å². The Morgan fingerprint density at radius 2 is 1.77 bits per heavy atom. The van der Waals surface area contributed by atoms with Crippen molar-refractivity contribution in [2.24, 2.45) is 0 Å². The average Bonchev–Trinajstić information content (AvgIpc) is 1.94. The summed E-state index contributed by atoms with van der Waals surface area (Å²) in [6.07, 6.45) is -4.66. The van der Waals surface area contributed by atoms with Gasteiger partial charge in [0, 0.05) is 4.90 Å². The summed E-state index contributed by atoms with van der Waals surface area (Å²) in [5, 5.41) is 0. The zero-order valence-electron chi connectivity index (χ0n) is 6.61. The Kier molecular flexibility index (Phi) is 2.56. The van der Waals surface area contributed by atoms with Crippen molar-refractivity contribution in [1.29, 1.82) is 0 Å². The summed E-state index contributed by atoms with van der Waals surface area (Å²) in [6, 6.07) is 1.51. The Labute approximate surface area is 78.0 Å². The topological polar surface area (TPSA) is 0 Å². The van der Waals surface area contributed by atoms with Crippen LogP contribution in [-0.2, 0) is 6.18 Å². The zero-order valence-corrected chi connectivity index (χ0v) is 7.51. The van der Waals surface area contributed by atoms with Crippen molar-refractivity contribution in [3.63, 3.8) is 0 Å². The van der Waals surface area contributed by atoms with E-state index in [0.29, 0.717) is 11.6 Å². The van der Waals surface area contributed by atoms with E-state index in [1.54, 1.807) is 0 Å². The predicted octanol–water partition coefficient (Wildman–Crippen LogP) is 3.44. The van der Waals surface area contributed by atoms with Gasteiger partial charge in [-0.15, -0.1) is 12.6 Å². The van der Waals surface area contributed by atoms with Crippen molar-refractivity contribution in [3.05, 3.63) is 29.1 Å². The first-order valence-electron chi connectivity index (χ1n) is 3.38. The first kappa shape index (κ1) is 10.4. The van der Waals surface area contributed by atoms with Crippen molar-refractivity contribution < 1.29 is 17.6 Å². The standard InChI is InChI=1S/C8H6F4S/c1-4-2-6(9)5(3-7(4)13)8(10,11)12/h2-3,13H,1H3. The molecule has 1 rings (SSSR count). The number of alkyl halides is 3. The van der Waals surface area contributed by atoms with Gasteiger partial charge in [0.05, 0.1) is 5.56 Å². The van der Waals surface area contributed by atoms with Gasteiger partial charge in [-0.2, -0.15) is 13.2 Å². The van der Waals surface area contributed by atoms with Gasteiger partial charge in [0.2, 0.25) is 0 Å². The van der Waals surface area contributed by atoms with Crippen LogP contribution < -0.4 is 0 Å². The Bertz CT molecular complexity index is 330. The van der Waals surface area contributed by atoms with Gasteiger partial charge in [-0.05, 0) is 24.6 Å². The smallest absolute Gasteiger partial charge is 0.206 e. The molecule has 0 fully saturated rings. The summed E-state index contributed by atoms with van der Waals surface area (Å²) in [5.74, 6) is -1.26. The van der Waals surface area contributed by atoms with Gasteiger partial charge >= 0.3 is 6.18 Å². The summed E-state index contributed by atoms with van der Waals surface area (Å²) in [7, 11) is 0. The summed E-state index contributed by atoms with van der Waals surface area (Å²) in [5.41, 5.74) is -0.892. The highest BCUT2D eigenvalue weighted by molar-refractivity contribution is 7.80. The second kappa shape index (κ2) is 3.21. The largest absolute Gasteiger partial charge is 0.419 e. The van der Waals surface area contributed by atoms with Crippen molar-refractivity contribution in [1.82, 2.24) is 0 Å². The number of hydrogen-bond acceptors (Lipinski definition) is 1. The summed E-state index contributed by atoms with van der Waals surface area (Å²) >= 11 is 3.78. The maximum Gasteiger partial charge on any atom is 0.419 e. The summed E-state index contributed by atoms with van der Waals surface area (Å²) in [4.78, 5) is 0.133. The van der Waals surface area contributed by atoms with Crippen LogP contribution in [0.2, 0.25) is 0 Å². The number of benzene rings is 1. The fraction of sp³-hybridized carbons (Fsp3) is 0.250. The van der Waals surface area contributed by atoms with E-state index < -0.39 is 17.6 Å². The SMILES string of the molecule is Cc1cc(F)c(C(F)(F)F)cc1S. The molecule has 0 N–H and O–H groups in total. The lowest BCUT2D eigenvalue weighted by molar-refractivity contribution is -0.140. The number of aryl methyl sites for hydroxylation is 1. The molecule has 0 bridgehead atoms. The third kappa shape index (κ3) is 2.15. The minimum absolute atomic E-state index is 0.133. The quantitative estimate of drug-likeness (QED) is 0.492. The van der Waals surface area contributed by atoms with Crippen molar-refractivity contribution in [2.75, 3.05) is 0 Å². The van der Waals surface area contributed by atoms with Crippen LogP contribution in [0.1, 0.15) is 11.1 Å².